The minimum atomic E-state index is -5.03. The van der Waals surface area contributed by atoms with E-state index in [-0.39, 0.29) is 5.69 Å². The minimum absolute atomic E-state index is 0.151. The topological polar surface area (TPSA) is 85.4 Å². The Morgan fingerprint density at radius 2 is 2.11 bits per heavy atom. The first kappa shape index (κ1) is 14.0. The lowest BCUT2D eigenvalue weighted by molar-refractivity contribution is -0.274. The van der Waals surface area contributed by atoms with Crippen molar-refractivity contribution in [3.05, 3.63) is 17.3 Å². The van der Waals surface area contributed by atoms with Gasteiger partial charge in [0.1, 0.15) is 6.67 Å². The molecule has 0 saturated carbocycles. The van der Waals surface area contributed by atoms with E-state index in [2.05, 4.69) is 9.72 Å². The lowest BCUT2D eigenvalue weighted by Gasteiger charge is -2.14. The Balaban J connectivity index is 3.15. The smallest absolute Gasteiger partial charge is 0.481 e. The van der Waals surface area contributed by atoms with Gasteiger partial charge in [-0.1, -0.05) is 0 Å². The zero-order valence-electron chi connectivity index (χ0n) is 8.79. The molecule has 18 heavy (non-hydrogen) atoms. The molecule has 0 fully saturated rings. The van der Waals surface area contributed by atoms with Crippen molar-refractivity contribution in [1.29, 1.82) is 0 Å². The summed E-state index contributed by atoms with van der Waals surface area (Å²) in [5, 5.41) is 8.49. The van der Waals surface area contributed by atoms with Gasteiger partial charge in [0.2, 0.25) is 0 Å². The molecule has 0 amide bonds. The Labute approximate surface area is 98.2 Å². The van der Waals surface area contributed by atoms with Crippen LogP contribution in [0.25, 0.3) is 0 Å². The van der Waals surface area contributed by atoms with Crippen molar-refractivity contribution >= 4 is 11.8 Å². The van der Waals surface area contributed by atoms with E-state index in [1.54, 1.807) is 0 Å². The van der Waals surface area contributed by atoms with Crippen LogP contribution in [0.2, 0.25) is 0 Å². The molecule has 0 spiro atoms. The summed E-state index contributed by atoms with van der Waals surface area (Å²) in [6.45, 7) is -1.29. The molecule has 0 aromatic carbocycles. The summed E-state index contributed by atoms with van der Waals surface area (Å²) in [6.07, 6.45) is -5.61. The fourth-order valence-electron chi connectivity index (χ4n) is 1.25. The Morgan fingerprint density at radius 3 is 2.56 bits per heavy atom. The van der Waals surface area contributed by atoms with E-state index < -0.39 is 42.6 Å². The van der Waals surface area contributed by atoms with Crippen LogP contribution in [0.15, 0.2) is 6.07 Å². The summed E-state index contributed by atoms with van der Waals surface area (Å²) in [5.41, 5.74) is 4.53. The highest BCUT2D eigenvalue weighted by molar-refractivity contribution is 5.70. The predicted octanol–water partition coefficient (Wildman–Crippen LogP) is 1.66. The zero-order chi connectivity index (χ0) is 13.9. The number of nitrogens with zero attached hydrogens (tertiary/aromatic N) is 1. The quantitative estimate of drug-likeness (QED) is 0.811. The first-order chi connectivity index (χ1) is 8.23. The van der Waals surface area contributed by atoms with Crippen LogP contribution in [0, 0.1) is 0 Å². The van der Waals surface area contributed by atoms with Crippen molar-refractivity contribution in [2.24, 2.45) is 0 Å². The molecule has 0 atom stereocenters. The molecule has 0 aliphatic rings. The van der Waals surface area contributed by atoms with Gasteiger partial charge in [0.15, 0.2) is 11.6 Å². The Hall–Kier alpha value is -2.06. The molecule has 0 aliphatic carbocycles. The number of halogens is 4. The van der Waals surface area contributed by atoms with Crippen LogP contribution in [-0.2, 0) is 17.9 Å². The summed E-state index contributed by atoms with van der Waals surface area (Å²) in [7, 11) is 0. The molecule has 0 aliphatic heterocycles. The number of nitrogens with two attached hydrogens (primary N) is 1. The second-order valence-electron chi connectivity index (χ2n) is 3.24. The van der Waals surface area contributed by atoms with Crippen molar-refractivity contribution < 1.29 is 32.2 Å². The molecule has 0 saturated heterocycles. The molecule has 1 aromatic rings. The Morgan fingerprint density at radius 1 is 1.50 bits per heavy atom. The number of aromatic nitrogens is 1. The van der Waals surface area contributed by atoms with Gasteiger partial charge in [0.05, 0.1) is 12.1 Å². The second-order valence-corrected chi connectivity index (χ2v) is 3.24. The Kier molecular flexibility index (Phi) is 3.94. The average Bonchev–Trinajstić information content (AvgIpc) is 2.19. The standard InChI is InChI=1S/C9H8F4N2O3/c10-3-4-1-5(2-6(16)17)15-8(14)7(4)18-9(11,12)13/h1H,2-3H2,(H2,14,15)(H,16,17). The number of ether oxygens (including phenoxy) is 1. The number of carbonyl (C=O) groups is 1. The normalized spacial score (nSPS) is 11.3. The summed E-state index contributed by atoms with van der Waals surface area (Å²) in [4.78, 5) is 13.8. The van der Waals surface area contributed by atoms with Crippen molar-refractivity contribution in [3.63, 3.8) is 0 Å². The van der Waals surface area contributed by atoms with Crippen LogP contribution in [0.1, 0.15) is 11.3 Å². The summed E-state index contributed by atoms with van der Waals surface area (Å²) < 4.78 is 52.2. The van der Waals surface area contributed by atoms with E-state index in [1.165, 1.54) is 0 Å². The number of aliphatic carboxylic acids is 1. The maximum absolute atomic E-state index is 12.6. The third-order valence-corrected chi connectivity index (χ3v) is 1.82. The van der Waals surface area contributed by atoms with E-state index in [0.717, 1.165) is 6.07 Å². The molecule has 1 heterocycles. The zero-order valence-corrected chi connectivity index (χ0v) is 8.79. The molecule has 0 radical (unpaired) electrons. The molecular formula is C9H8F4N2O3. The van der Waals surface area contributed by atoms with Crippen LogP contribution in [0.5, 0.6) is 5.75 Å². The maximum atomic E-state index is 12.6. The summed E-state index contributed by atoms with van der Waals surface area (Å²) in [5.74, 6) is -2.92. The lowest BCUT2D eigenvalue weighted by atomic mass is 10.2. The first-order valence-corrected chi connectivity index (χ1v) is 4.54. The number of carboxylic acid groups (broad SMARTS) is 1. The number of pyridine rings is 1. The van der Waals surface area contributed by atoms with E-state index in [1.807, 2.05) is 0 Å². The fraction of sp³-hybridized carbons (Fsp3) is 0.333. The highest BCUT2D eigenvalue weighted by Gasteiger charge is 2.33. The molecular weight excluding hydrogens is 260 g/mol. The van der Waals surface area contributed by atoms with Gasteiger partial charge in [0.25, 0.3) is 0 Å². The SMILES string of the molecule is Nc1nc(CC(=O)O)cc(CF)c1OC(F)(F)F. The molecule has 9 heteroatoms. The summed E-state index contributed by atoms with van der Waals surface area (Å²) in [6, 6.07) is 0.867. The molecule has 5 nitrogen and oxygen atoms in total. The van der Waals surface area contributed by atoms with E-state index in [4.69, 9.17) is 10.8 Å². The molecule has 3 N–H and O–H groups in total. The Bertz CT molecular complexity index is 462. The van der Waals surface area contributed by atoms with Gasteiger partial charge >= 0.3 is 12.3 Å². The number of carboxylic acids is 1. The van der Waals surface area contributed by atoms with Crippen molar-refractivity contribution in [3.8, 4) is 5.75 Å². The molecule has 0 unspecified atom stereocenters. The number of rotatable bonds is 4. The third-order valence-electron chi connectivity index (χ3n) is 1.82. The van der Waals surface area contributed by atoms with Crippen LogP contribution in [0.4, 0.5) is 23.4 Å². The molecule has 1 rings (SSSR count). The van der Waals surface area contributed by atoms with E-state index in [0.29, 0.717) is 0 Å². The number of anilines is 1. The van der Waals surface area contributed by atoms with Gasteiger partial charge in [-0.05, 0) is 6.07 Å². The number of hydrogen-bond donors (Lipinski definition) is 2. The van der Waals surface area contributed by atoms with E-state index in [9.17, 15) is 22.4 Å². The van der Waals surface area contributed by atoms with Crippen molar-refractivity contribution in [2.75, 3.05) is 5.73 Å². The van der Waals surface area contributed by atoms with Crippen molar-refractivity contribution in [1.82, 2.24) is 4.98 Å². The highest BCUT2D eigenvalue weighted by Crippen LogP contribution is 2.32. The number of nitrogen functional groups attached to an aromatic ring is 1. The second kappa shape index (κ2) is 5.07. The van der Waals surface area contributed by atoms with Gasteiger partial charge < -0.3 is 15.6 Å². The van der Waals surface area contributed by atoms with Crippen LogP contribution < -0.4 is 10.5 Å². The maximum Gasteiger partial charge on any atom is 0.573 e. The molecule has 1 aromatic heterocycles. The van der Waals surface area contributed by atoms with Crippen LogP contribution in [0.3, 0.4) is 0 Å². The van der Waals surface area contributed by atoms with Crippen LogP contribution >= 0.6 is 0 Å². The predicted molar refractivity (Wildman–Crippen MR) is 51.5 cm³/mol. The van der Waals surface area contributed by atoms with Gasteiger partial charge in [0, 0.05) is 5.56 Å². The van der Waals surface area contributed by atoms with Crippen LogP contribution in [-0.4, -0.2) is 22.4 Å². The number of hydrogen-bond acceptors (Lipinski definition) is 4. The summed E-state index contributed by atoms with van der Waals surface area (Å²) >= 11 is 0. The average molecular weight is 268 g/mol. The molecule has 100 valence electrons. The number of alkyl halides is 4. The van der Waals surface area contributed by atoms with Crippen molar-refractivity contribution in [2.45, 2.75) is 19.5 Å². The van der Waals surface area contributed by atoms with Gasteiger partial charge in [-0.3, -0.25) is 4.79 Å². The minimum Gasteiger partial charge on any atom is -0.481 e. The molecule has 0 bridgehead atoms. The third kappa shape index (κ3) is 3.75. The monoisotopic (exact) mass is 268 g/mol. The van der Waals surface area contributed by atoms with E-state index >= 15 is 0 Å². The first-order valence-electron chi connectivity index (χ1n) is 4.54. The largest absolute Gasteiger partial charge is 0.573 e. The highest BCUT2D eigenvalue weighted by atomic mass is 19.4. The van der Waals surface area contributed by atoms with Gasteiger partial charge in [-0.15, -0.1) is 13.2 Å². The fourth-order valence-corrected chi connectivity index (χ4v) is 1.25. The van der Waals surface area contributed by atoms with Gasteiger partial charge in [-0.2, -0.15) is 0 Å². The van der Waals surface area contributed by atoms with Gasteiger partial charge in [-0.25, -0.2) is 9.37 Å². The lowest BCUT2D eigenvalue weighted by Crippen LogP contribution is -2.20.